The Bertz CT molecular complexity index is 452. The molecular formula is C13H16N2. The summed E-state index contributed by atoms with van der Waals surface area (Å²) in [5, 5.41) is 0. The van der Waals surface area contributed by atoms with Crippen molar-refractivity contribution in [2.24, 2.45) is 0 Å². The second kappa shape index (κ2) is 3.61. The molecule has 15 heavy (non-hydrogen) atoms. The average molecular weight is 200 g/mol. The molecule has 2 aromatic heterocycles. The molecule has 0 amide bonds. The van der Waals surface area contributed by atoms with Gasteiger partial charge in [-0.3, -0.25) is 0 Å². The number of rotatable bonds is 1. The van der Waals surface area contributed by atoms with Crippen molar-refractivity contribution >= 4 is 11.2 Å². The van der Waals surface area contributed by atoms with Crippen molar-refractivity contribution in [1.29, 1.82) is 0 Å². The van der Waals surface area contributed by atoms with Gasteiger partial charge in [0.15, 0.2) is 0 Å². The maximum Gasteiger partial charge on any atom is 0.0685 e. The molecule has 1 fully saturated rings. The highest BCUT2D eigenvalue weighted by Gasteiger charge is 2.13. The first-order valence-corrected chi connectivity index (χ1v) is 5.76. The van der Waals surface area contributed by atoms with Crippen LogP contribution in [0.3, 0.4) is 0 Å². The lowest BCUT2D eigenvalue weighted by Gasteiger charge is -2.28. The van der Waals surface area contributed by atoms with Gasteiger partial charge in [0.25, 0.3) is 0 Å². The Kier molecular flexibility index (Phi) is 2.13. The van der Waals surface area contributed by atoms with Gasteiger partial charge < -0.3 is 9.30 Å². The molecule has 1 aliphatic rings. The Balaban J connectivity index is 2.02. The topological polar surface area (TPSA) is 7.65 Å². The van der Waals surface area contributed by atoms with E-state index in [0.29, 0.717) is 0 Å². The third kappa shape index (κ3) is 1.50. The van der Waals surface area contributed by atoms with E-state index in [1.54, 1.807) is 0 Å². The van der Waals surface area contributed by atoms with Crippen molar-refractivity contribution in [1.82, 2.24) is 4.40 Å². The van der Waals surface area contributed by atoms with E-state index in [1.165, 1.54) is 43.6 Å². The first-order chi connectivity index (χ1) is 7.45. The Morgan fingerprint density at radius 2 is 1.73 bits per heavy atom. The standard InChI is InChI=1S/C13H16N2/c1-3-8-14(9-4-1)13-7-11-15-10-5-2-6-12(13)15/h2,5-7,10-11H,1,3-4,8-9H2. The molecule has 0 N–H and O–H groups in total. The van der Waals surface area contributed by atoms with Crippen molar-refractivity contribution in [3.8, 4) is 0 Å². The van der Waals surface area contributed by atoms with Crippen LogP contribution in [0.1, 0.15) is 19.3 Å². The van der Waals surface area contributed by atoms with Crippen LogP contribution >= 0.6 is 0 Å². The number of aromatic nitrogens is 1. The van der Waals surface area contributed by atoms with Gasteiger partial charge in [0.2, 0.25) is 0 Å². The molecule has 0 saturated carbocycles. The lowest BCUT2D eigenvalue weighted by Crippen LogP contribution is -2.29. The summed E-state index contributed by atoms with van der Waals surface area (Å²) >= 11 is 0. The molecule has 3 heterocycles. The largest absolute Gasteiger partial charge is 0.370 e. The van der Waals surface area contributed by atoms with E-state index in [1.807, 2.05) is 0 Å². The highest BCUT2D eigenvalue weighted by Crippen LogP contribution is 2.25. The molecule has 0 spiro atoms. The van der Waals surface area contributed by atoms with Crippen molar-refractivity contribution in [3.05, 3.63) is 36.7 Å². The second-order valence-electron chi connectivity index (χ2n) is 4.24. The predicted molar refractivity (Wildman–Crippen MR) is 63.5 cm³/mol. The monoisotopic (exact) mass is 200 g/mol. The van der Waals surface area contributed by atoms with Gasteiger partial charge in [-0.25, -0.2) is 0 Å². The van der Waals surface area contributed by atoms with E-state index in [4.69, 9.17) is 0 Å². The average Bonchev–Trinajstić information content (AvgIpc) is 2.74. The van der Waals surface area contributed by atoms with Crippen LogP contribution in [0.15, 0.2) is 36.7 Å². The number of hydrogen-bond donors (Lipinski definition) is 0. The van der Waals surface area contributed by atoms with E-state index in [-0.39, 0.29) is 0 Å². The lowest BCUT2D eigenvalue weighted by atomic mass is 10.1. The van der Waals surface area contributed by atoms with Crippen molar-refractivity contribution in [2.45, 2.75) is 19.3 Å². The van der Waals surface area contributed by atoms with E-state index in [9.17, 15) is 0 Å². The molecule has 0 radical (unpaired) electrons. The quantitative estimate of drug-likeness (QED) is 0.687. The molecule has 0 aliphatic carbocycles. The molecule has 3 rings (SSSR count). The van der Waals surface area contributed by atoms with Crippen LogP contribution in [0, 0.1) is 0 Å². The van der Waals surface area contributed by atoms with Crippen LogP contribution in [0.5, 0.6) is 0 Å². The van der Waals surface area contributed by atoms with Gasteiger partial charge in [0, 0.05) is 25.5 Å². The molecule has 2 aromatic rings. The van der Waals surface area contributed by atoms with Crippen molar-refractivity contribution < 1.29 is 0 Å². The third-order valence-electron chi connectivity index (χ3n) is 3.24. The second-order valence-corrected chi connectivity index (χ2v) is 4.24. The molecule has 0 aromatic carbocycles. The molecule has 0 atom stereocenters. The zero-order valence-electron chi connectivity index (χ0n) is 8.89. The van der Waals surface area contributed by atoms with Gasteiger partial charge in [-0.2, -0.15) is 0 Å². The van der Waals surface area contributed by atoms with Crippen LogP contribution in [0.4, 0.5) is 5.69 Å². The third-order valence-corrected chi connectivity index (χ3v) is 3.24. The van der Waals surface area contributed by atoms with E-state index < -0.39 is 0 Å². The fourth-order valence-electron chi connectivity index (χ4n) is 2.44. The molecule has 1 aliphatic heterocycles. The maximum atomic E-state index is 2.51. The Hall–Kier alpha value is -1.44. The maximum absolute atomic E-state index is 2.51. The van der Waals surface area contributed by atoms with Gasteiger partial charge in [0.05, 0.1) is 11.2 Å². The molecule has 0 unspecified atom stereocenters. The zero-order valence-corrected chi connectivity index (χ0v) is 8.89. The first kappa shape index (κ1) is 8.84. The fraction of sp³-hybridized carbons (Fsp3) is 0.385. The summed E-state index contributed by atoms with van der Waals surface area (Å²) in [6.07, 6.45) is 8.33. The van der Waals surface area contributed by atoms with Crippen LogP contribution in [0.2, 0.25) is 0 Å². The molecule has 2 nitrogen and oxygen atoms in total. The number of hydrogen-bond acceptors (Lipinski definition) is 1. The lowest BCUT2D eigenvalue weighted by molar-refractivity contribution is 0.579. The normalized spacial score (nSPS) is 17.2. The zero-order chi connectivity index (χ0) is 10.1. The van der Waals surface area contributed by atoms with Crippen LogP contribution in [-0.4, -0.2) is 17.5 Å². The summed E-state index contributed by atoms with van der Waals surface area (Å²) in [5.74, 6) is 0. The van der Waals surface area contributed by atoms with Crippen LogP contribution in [-0.2, 0) is 0 Å². The highest BCUT2D eigenvalue weighted by atomic mass is 15.1. The summed E-state index contributed by atoms with van der Waals surface area (Å²) in [6, 6.07) is 8.63. The molecule has 2 heteroatoms. The van der Waals surface area contributed by atoms with Gasteiger partial charge >= 0.3 is 0 Å². The van der Waals surface area contributed by atoms with Gasteiger partial charge in [-0.1, -0.05) is 6.07 Å². The minimum absolute atomic E-state index is 1.22. The van der Waals surface area contributed by atoms with Crippen molar-refractivity contribution in [3.63, 3.8) is 0 Å². The molecule has 78 valence electrons. The highest BCUT2D eigenvalue weighted by molar-refractivity contribution is 5.74. The summed E-state index contributed by atoms with van der Waals surface area (Å²) < 4.78 is 2.20. The number of pyridine rings is 1. The van der Waals surface area contributed by atoms with Crippen LogP contribution < -0.4 is 4.90 Å². The summed E-state index contributed by atoms with van der Waals surface area (Å²) in [7, 11) is 0. The van der Waals surface area contributed by atoms with Gasteiger partial charge in [-0.15, -0.1) is 0 Å². The summed E-state index contributed by atoms with van der Waals surface area (Å²) in [5.41, 5.74) is 2.73. The number of fused-ring (bicyclic) bond motifs is 1. The van der Waals surface area contributed by atoms with Crippen molar-refractivity contribution in [2.75, 3.05) is 18.0 Å². The smallest absolute Gasteiger partial charge is 0.0685 e. The summed E-state index contributed by atoms with van der Waals surface area (Å²) in [6.45, 7) is 2.43. The first-order valence-electron chi connectivity index (χ1n) is 5.76. The van der Waals surface area contributed by atoms with E-state index in [0.717, 1.165) is 0 Å². The predicted octanol–water partition coefficient (Wildman–Crippen LogP) is 2.93. The Labute approximate surface area is 90.1 Å². The molecular weight excluding hydrogens is 184 g/mol. The molecule has 1 saturated heterocycles. The molecule has 0 bridgehead atoms. The minimum atomic E-state index is 1.22. The van der Waals surface area contributed by atoms with Crippen LogP contribution in [0.25, 0.3) is 5.52 Å². The van der Waals surface area contributed by atoms with Gasteiger partial charge in [0.1, 0.15) is 0 Å². The Morgan fingerprint density at radius 3 is 2.60 bits per heavy atom. The number of piperidine rings is 1. The van der Waals surface area contributed by atoms with E-state index in [2.05, 4.69) is 46.0 Å². The minimum Gasteiger partial charge on any atom is -0.370 e. The number of anilines is 1. The fourth-order valence-corrected chi connectivity index (χ4v) is 2.44. The number of nitrogens with zero attached hydrogens (tertiary/aromatic N) is 2. The van der Waals surface area contributed by atoms with E-state index >= 15 is 0 Å². The SMILES string of the molecule is c1ccn2ccc(N3CCCCC3)c2c1. The summed E-state index contributed by atoms with van der Waals surface area (Å²) in [4.78, 5) is 2.51. The van der Waals surface area contributed by atoms with Gasteiger partial charge in [-0.05, 0) is 37.5 Å². The Morgan fingerprint density at radius 1 is 0.867 bits per heavy atom.